The summed E-state index contributed by atoms with van der Waals surface area (Å²) in [4.78, 5) is 14.7. The molecule has 132 valence electrons. The van der Waals surface area contributed by atoms with E-state index in [0.717, 1.165) is 4.90 Å². The number of carbonyl (C=O) groups is 1. The number of hydrogen-bond donors (Lipinski definition) is 2. The van der Waals surface area contributed by atoms with Crippen LogP contribution in [0.3, 0.4) is 0 Å². The van der Waals surface area contributed by atoms with Crippen LogP contribution < -0.4 is 10.6 Å². The average molecular weight is 390 g/mol. The number of nitrogens with zero attached hydrogens (tertiary/aromatic N) is 1. The van der Waals surface area contributed by atoms with Crippen molar-refractivity contribution in [2.45, 2.75) is 17.1 Å². The highest BCUT2D eigenvalue weighted by Crippen LogP contribution is 2.27. The van der Waals surface area contributed by atoms with E-state index >= 15 is 0 Å². The summed E-state index contributed by atoms with van der Waals surface area (Å²) in [6.07, 6.45) is -2.53. The predicted octanol–water partition coefficient (Wildman–Crippen LogP) is 2.46. The zero-order valence-corrected chi connectivity index (χ0v) is 14.9. The minimum absolute atomic E-state index is 0. The second kappa shape index (κ2) is 9.12. The molecule has 0 spiro atoms. The number of nitrogens with one attached hydrogen (secondary N) is 2. The fourth-order valence-corrected chi connectivity index (χ4v) is 4.01. The summed E-state index contributed by atoms with van der Waals surface area (Å²) in [5.74, 6) is -0.441. The molecular formula is C13H19ClF3N3OS2. The van der Waals surface area contributed by atoms with Crippen molar-refractivity contribution in [3.8, 4) is 0 Å². The van der Waals surface area contributed by atoms with Crippen LogP contribution in [0.1, 0.15) is 9.67 Å². The summed E-state index contributed by atoms with van der Waals surface area (Å²) < 4.78 is 39.7. The fraction of sp³-hybridized carbons (Fsp3) is 0.615. The molecule has 1 atom stereocenters. The molecule has 0 aliphatic carbocycles. The highest BCUT2D eigenvalue weighted by molar-refractivity contribution is 7.98. The van der Waals surface area contributed by atoms with Gasteiger partial charge >= 0.3 is 6.18 Å². The molecule has 4 nitrogen and oxygen atoms in total. The summed E-state index contributed by atoms with van der Waals surface area (Å²) >= 11 is 2.65. The molecular weight excluding hydrogens is 371 g/mol. The quantitative estimate of drug-likeness (QED) is 0.759. The van der Waals surface area contributed by atoms with E-state index in [2.05, 4.69) is 10.6 Å². The second-order valence-corrected chi connectivity index (χ2v) is 6.64. The van der Waals surface area contributed by atoms with Crippen LogP contribution in [0.4, 0.5) is 13.2 Å². The number of alkyl halides is 3. The molecule has 0 radical (unpaired) electrons. The molecule has 0 bridgehead atoms. The first kappa shape index (κ1) is 20.6. The topological polar surface area (TPSA) is 44.4 Å². The van der Waals surface area contributed by atoms with Crippen molar-refractivity contribution in [3.05, 3.63) is 16.3 Å². The zero-order chi connectivity index (χ0) is 16.2. The molecule has 1 aliphatic rings. The molecule has 1 saturated heterocycles. The molecule has 0 aromatic carbocycles. The number of thiophene rings is 1. The maximum absolute atomic E-state index is 13.2. The Morgan fingerprint density at radius 2 is 2.13 bits per heavy atom. The SMILES string of the molecule is CSc1ccsc1C(=O)NCC(N1CCNCC1)C(F)(F)F.Cl. The lowest BCUT2D eigenvalue weighted by molar-refractivity contribution is -0.183. The van der Waals surface area contributed by atoms with E-state index in [9.17, 15) is 18.0 Å². The van der Waals surface area contributed by atoms with Gasteiger partial charge in [0.25, 0.3) is 5.91 Å². The maximum atomic E-state index is 13.2. The Morgan fingerprint density at radius 1 is 1.48 bits per heavy atom. The van der Waals surface area contributed by atoms with E-state index in [1.54, 1.807) is 11.4 Å². The molecule has 1 amide bonds. The molecule has 1 aromatic rings. The minimum Gasteiger partial charge on any atom is -0.349 e. The molecule has 1 aromatic heterocycles. The maximum Gasteiger partial charge on any atom is 0.405 e. The summed E-state index contributed by atoms with van der Waals surface area (Å²) in [5, 5.41) is 7.23. The Labute approximate surface area is 147 Å². The molecule has 10 heteroatoms. The average Bonchev–Trinajstić information content (AvgIpc) is 2.95. The molecule has 2 rings (SSSR count). The number of hydrogen-bond acceptors (Lipinski definition) is 5. The third-order valence-electron chi connectivity index (χ3n) is 3.48. The molecule has 1 aliphatic heterocycles. The lowest BCUT2D eigenvalue weighted by Crippen LogP contribution is -2.57. The van der Waals surface area contributed by atoms with Gasteiger partial charge in [-0.05, 0) is 17.7 Å². The Morgan fingerprint density at radius 3 is 2.70 bits per heavy atom. The van der Waals surface area contributed by atoms with Crippen molar-refractivity contribution in [1.29, 1.82) is 0 Å². The number of rotatable bonds is 5. The molecule has 1 fully saturated rings. The van der Waals surface area contributed by atoms with E-state index < -0.39 is 24.7 Å². The number of halogens is 4. The van der Waals surface area contributed by atoms with Crippen LogP contribution in [-0.4, -0.2) is 62.0 Å². The number of piperazine rings is 1. The fourth-order valence-electron chi connectivity index (χ4n) is 2.34. The highest BCUT2D eigenvalue weighted by atomic mass is 35.5. The van der Waals surface area contributed by atoms with Crippen LogP contribution in [-0.2, 0) is 0 Å². The van der Waals surface area contributed by atoms with Crippen LogP contribution in [0.25, 0.3) is 0 Å². The lowest BCUT2D eigenvalue weighted by Gasteiger charge is -2.35. The van der Waals surface area contributed by atoms with Gasteiger partial charge in [-0.15, -0.1) is 35.5 Å². The number of thioether (sulfide) groups is 1. The summed E-state index contributed by atoms with van der Waals surface area (Å²) in [6, 6.07) is 0.151. The van der Waals surface area contributed by atoms with Crippen molar-refractivity contribution in [2.24, 2.45) is 0 Å². The smallest absolute Gasteiger partial charge is 0.349 e. The molecule has 1 unspecified atom stereocenters. The van der Waals surface area contributed by atoms with Gasteiger partial charge in [-0.25, -0.2) is 0 Å². The van der Waals surface area contributed by atoms with Crippen molar-refractivity contribution < 1.29 is 18.0 Å². The van der Waals surface area contributed by atoms with E-state index in [0.29, 0.717) is 31.1 Å². The Kier molecular flexibility index (Phi) is 8.15. The second-order valence-electron chi connectivity index (χ2n) is 4.87. The first-order valence-electron chi connectivity index (χ1n) is 6.84. The van der Waals surface area contributed by atoms with E-state index in [1.807, 2.05) is 6.26 Å². The first-order valence-corrected chi connectivity index (χ1v) is 8.95. The van der Waals surface area contributed by atoms with Gasteiger partial charge in [-0.1, -0.05) is 0 Å². The van der Waals surface area contributed by atoms with Crippen molar-refractivity contribution in [2.75, 3.05) is 39.0 Å². The molecule has 23 heavy (non-hydrogen) atoms. The van der Waals surface area contributed by atoms with Crippen LogP contribution in [0, 0.1) is 0 Å². The third kappa shape index (κ3) is 5.53. The number of amides is 1. The lowest BCUT2D eigenvalue weighted by atomic mass is 10.2. The van der Waals surface area contributed by atoms with Crippen LogP contribution in [0.2, 0.25) is 0 Å². The highest BCUT2D eigenvalue weighted by Gasteiger charge is 2.43. The van der Waals surface area contributed by atoms with Gasteiger partial charge in [0.1, 0.15) is 10.9 Å². The third-order valence-corrected chi connectivity index (χ3v) is 5.30. The van der Waals surface area contributed by atoms with Gasteiger partial charge < -0.3 is 10.6 Å². The van der Waals surface area contributed by atoms with Gasteiger partial charge in [0.05, 0.1) is 0 Å². The van der Waals surface area contributed by atoms with Gasteiger partial charge in [-0.2, -0.15) is 13.2 Å². The predicted molar refractivity (Wildman–Crippen MR) is 90.0 cm³/mol. The van der Waals surface area contributed by atoms with Gasteiger partial charge in [0, 0.05) is 37.6 Å². The summed E-state index contributed by atoms with van der Waals surface area (Å²) in [7, 11) is 0. The largest absolute Gasteiger partial charge is 0.405 e. The van der Waals surface area contributed by atoms with Crippen LogP contribution in [0.15, 0.2) is 16.3 Å². The van der Waals surface area contributed by atoms with Crippen molar-refractivity contribution >= 4 is 41.4 Å². The zero-order valence-electron chi connectivity index (χ0n) is 12.5. The van der Waals surface area contributed by atoms with Gasteiger partial charge in [0.2, 0.25) is 0 Å². The van der Waals surface area contributed by atoms with Crippen molar-refractivity contribution in [3.63, 3.8) is 0 Å². The van der Waals surface area contributed by atoms with Gasteiger partial charge in [-0.3, -0.25) is 9.69 Å². The Bertz CT molecular complexity index is 507. The van der Waals surface area contributed by atoms with E-state index in [1.165, 1.54) is 28.0 Å². The van der Waals surface area contributed by atoms with E-state index in [-0.39, 0.29) is 12.4 Å². The summed E-state index contributed by atoms with van der Waals surface area (Å²) in [6.45, 7) is 1.29. The Balaban J connectivity index is 0.00000264. The first-order chi connectivity index (χ1) is 10.4. The molecule has 2 heterocycles. The minimum atomic E-state index is -4.36. The van der Waals surface area contributed by atoms with Crippen molar-refractivity contribution in [1.82, 2.24) is 15.5 Å². The monoisotopic (exact) mass is 389 g/mol. The number of carbonyl (C=O) groups excluding carboxylic acids is 1. The van der Waals surface area contributed by atoms with Crippen LogP contribution >= 0.6 is 35.5 Å². The molecule has 2 N–H and O–H groups in total. The standard InChI is InChI=1S/C13H18F3N3OS2.ClH/c1-21-9-2-7-22-11(9)12(20)18-8-10(13(14,15)16)19-5-3-17-4-6-19;/h2,7,10,17H,3-6,8H2,1H3,(H,18,20);1H. The Hall–Kier alpha value is -0.480. The summed E-state index contributed by atoms with van der Waals surface area (Å²) in [5.41, 5.74) is 0. The van der Waals surface area contributed by atoms with Crippen LogP contribution in [0.5, 0.6) is 0 Å². The van der Waals surface area contributed by atoms with Gasteiger partial charge in [0.15, 0.2) is 0 Å². The normalized spacial score (nSPS) is 17.4. The molecule has 0 saturated carbocycles. The van der Waals surface area contributed by atoms with E-state index in [4.69, 9.17) is 0 Å².